The lowest BCUT2D eigenvalue weighted by Crippen LogP contribution is -2.33. The predicted octanol–water partition coefficient (Wildman–Crippen LogP) is 4.16. The molecule has 7 nitrogen and oxygen atoms in total. The summed E-state index contributed by atoms with van der Waals surface area (Å²) in [6.45, 7) is 6.03. The van der Waals surface area contributed by atoms with Gasteiger partial charge in [0.15, 0.2) is 5.17 Å². The summed E-state index contributed by atoms with van der Waals surface area (Å²) in [4.78, 5) is 31.8. The number of carbonyl (C=O) groups is 2. The van der Waals surface area contributed by atoms with Crippen molar-refractivity contribution in [1.82, 2.24) is 4.90 Å². The molecule has 2 amide bonds. The second-order valence-electron chi connectivity index (χ2n) is 6.84. The molecule has 0 radical (unpaired) electrons. The number of benzene rings is 2. The molecule has 1 N–H and O–H groups in total. The lowest BCUT2D eigenvalue weighted by atomic mass is 10.2. The highest BCUT2D eigenvalue weighted by molar-refractivity contribution is 8.15. The number of para-hydroxylation sites is 1. The molecule has 31 heavy (non-hydrogen) atoms. The molecule has 1 aliphatic heterocycles. The first-order chi connectivity index (χ1) is 15.0. The lowest BCUT2D eigenvalue weighted by Gasteiger charge is -2.14. The van der Waals surface area contributed by atoms with Crippen LogP contribution in [0.25, 0.3) is 0 Å². The van der Waals surface area contributed by atoms with E-state index in [1.54, 1.807) is 36.3 Å². The molecule has 1 fully saturated rings. The number of methoxy groups -OCH3 is 2. The van der Waals surface area contributed by atoms with Crippen molar-refractivity contribution in [2.45, 2.75) is 18.6 Å². The summed E-state index contributed by atoms with van der Waals surface area (Å²) in [6.07, 6.45) is 1.66. The van der Waals surface area contributed by atoms with Crippen LogP contribution in [0.1, 0.15) is 12.0 Å². The highest BCUT2D eigenvalue weighted by atomic mass is 32.2. The molecule has 162 valence electrons. The highest BCUT2D eigenvalue weighted by Crippen LogP contribution is 2.33. The van der Waals surface area contributed by atoms with E-state index in [1.165, 1.54) is 18.9 Å². The summed E-state index contributed by atoms with van der Waals surface area (Å²) >= 11 is 1.29. The van der Waals surface area contributed by atoms with Crippen LogP contribution in [0, 0.1) is 6.92 Å². The number of aryl methyl sites for hydroxylation is 1. The molecule has 1 heterocycles. The molecule has 1 atom stereocenters. The van der Waals surface area contributed by atoms with Gasteiger partial charge in [0.1, 0.15) is 16.7 Å². The largest absolute Gasteiger partial charge is 0.497 e. The molecular weight excluding hydrogens is 414 g/mol. The molecule has 0 aromatic heterocycles. The molecule has 0 saturated carbocycles. The normalized spacial score (nSPS) is 17.0. The van der Waals surface area contributed by atoms with E-state index in [-0.39, 0.29) is 18.2 Å². The van der Waals surface area contributed by atoms with Crippen LogP contribution in [0.5, 0.6) is 11.5 Å². The monoisotopic (exact) mass is 439 g/mol. The van der Waals surface area contributed by atoms with Crippen molar-refractivity contribution < 1.29 is 19.1 Å². The van der Waals surface area contributed by atoms with Gasteiger partial charge >= 0.3 is 0 Å². The maximum absolute atomic E-state index is 12.9. The van der Waals surface area contributed by atoms with Crippen molar-refractivity contribution in [2.75, 3.05) is 26.1 Å². The van der Waals surface area contributed by atoms with Crippen molar-refractivity contribution in [3.05, 3.63) is 60.7 Å². The van der Waals surface area contributed by atoms with Crippen molar-refractivity contribution in [1.29, 1.82) is 0 Å². The maximum Gasteiger partial charge on any atom is 0.242 e. The Bertz CT molecular complexity index is 1020. The van der Waals surface area contributed by atoms with Gasteiger partial charge in [0.05, 0.1) is 25.6 Å². The molecule has 8 heteroatoms. The van der Waals surface area contributed by atoms with Gasteiger partial charge in [0.2, 0.25) is 11.8 Å². The Kier molecular flexibility index (Phi) is 7.36. The van der Waals surface area contributed by atoms with Crippen LogP contribution in [-0.2, 0) is 9.59 Å². The topological polar surface area (TPSA) is 80.2 Å². The molecular formula is C23H25N3O4S. The van der Waals surface area contributed by atoms with Gasteiger partial charge in [-0.15, -0.1) is 6.58 Å². The van der Waals surface area contributed by atoms with Crippen molar-refractivity contribution in [2.24, 2.45) is 4.99 Å². The quantitative estimate of drug-likeness (QED) is 0.625. The average molecular weight is 440 g/mol. The van der Waals surface area contributed by atoms with E-state index >= 15 is 0 Å². The van der Waals surface area contributed by atoms with E-state index < -0.39 is 5.25 Å². The minimum Gasteiger partial charge on any atom is -0.497 e. The smallest absolute Gasteiger partial charge is 0.242 e. The van der Waals surface area contributed by atoms with Gasteiger partial charge < -0.3 is 14.8 Å². The van der Waals surface area contributed by atoms with Crippen LogP contribution in [0.4, 0.5) is 11.4 Å². The van der Waals surface area contributed by atoms with Gasteiger partial charge in [-0.2, -0.15) is 0 Å². The van der Waals surface area contributed by atoms with E-state index in [0.29, 0.717) is 28.9 Å². The zero-order valence-corrected chi connectivity index (χ0v) is 18.6. The molecule has 1 saturated heterocycles. The Morgan fingerprint density at radius 3 is 2.71 bits per heavy atom. The van der Waals surface area contributed by atoms with Crippen LogP contribution in [0.3, 0.4) is 0 Å². The minimum absolute atomic E-state index is 0.0130. The second-order valence-corrected chi connectivity index (χ2v) is 8.01. The second kappa shape index (κ2) is 10.2. The van der Waals surface area contributed by atoms with Gasteiger partial charge in [-0.3, -0.25) is 14.5 Å². The standard InChI is InChI=1S/C23H25N3O4S/c1-5-12-26-22(28)20(31-23(26)25-17-9-7-6-8-15(17)2)14-21(27)24-18-11-10-16(29-3)13-19(18)30-4/h5-11,13,20H,1,12,14H2,2-4H3,(H,24,27). The first kappa shape index (κ1) is 22.4. The van der Waals surface area contributed by atoms with E-state index in [9.17, 15) is 9.59 Å². The van der Waals surface area contributed by atoms with Crippen LogP contribution in [0.15, 0.2) is 60.1 Å². The fourth-order valence-corrected chi connectivity index (χ4v) is 4.25. The van der Waals surface area contributed by atoms with Crippen molar-refractivity contribution in [3.63, 3.8) is 0 Å². The summed E-state index contributed by atoms with van der Waals surface area (Å²) < 4.78 is 10.5. The number of aliphatic imine (C=N–C) groups is 1. The zero-order valence-electron chi connectivity index (χ0n) is 17.8. The molecule has 0 aliphatic carbocycles. The Morgan fingerprint density at radius 1 is 1.26 bits per heavy atom. The summed E-state index contributed by atoms with van der Waals surface area (Å²) in [7, 11) is 3.07. The van der Waals surface area contributed by atoms with Crippen LogP contribution in [-0.4, -0.2) is 47.9 Å². The molecule has 1 unspecified atom stereocenters. The average Bonchev–Trinajstić information content (AvgIpc) is 3.04. The summed E-state index contributed by atoms with van der Waals surface area (Å²) in [5.74, 6) is 0.654. The molecule has 3 rings (SSSR count). The predicted molar refractivity (Wildman–Crippen MR) is 124 cm³/mol. The molecule has 2 aromatic rings. The van der Waals surface area contributed by atoms with Crippen molar-refractivity contribution in [3.8, 4) is 11.5 Å². The fraction of sp³-hybridized carbons (Fsp3) is 0.261. The van der Waals surface area contributed by atoms with Crippen LogP contribution >= 0.6 is 11.8 Å². The molecule has 2 aromatic carbocycles. The summed E-state index contributed by atoms with van der Waals surface area (Å²) in [5.41, 5.74) is 2.31. The number of nitrogens with zero attached hydrogens (tertiary/aromatic N) is 2. The molecule has 0 bridgehead atoms. The first-order valence-electron chi connectivity index (χ1n) is 9.72. The number of amides is 2. The number of nitrogens with one attached hydrogen (secondary N) is 1. The number of amidine groups is 1. The number of rotatable bonds is 8. The SMILES string of the molecule is C=CCN1C(=O)C(CC(=O)Nc2ccc(OC)cc2OC)SC1=Nc1ccccc1C. The maximum atomic E-state index is 12.9. The van der Waals surface area contributed by atoms with E-state index in [2.05, 4.69) is 16.9 Å². The number of hydrogen-bond donors (Lipinski definition) is 1. The fourth-order valence-electron chi connectivity index (χ4n) is 3.09. The number of thioether (sulfide) groups is 1. The van der Waals surface area contributed by atoms with E-state index in [1.807, 2.05) is 31.2 Å². The number of ether oxygens (including phenoxy) is 2. The third-order valence-electron chi connectivity index (χ3n) is 4.72. The summed E-state index contributed by atoms with van der Waals surface area (Å²) in [5, 5.41) is 2.82. The van der Waals surface area contributed by atoms with E-state index in [4.69, 9.17) is 9.47 Å². The summed E-state index contributed by atoms with van der Waals surface area (Å²) in [6, 6.07) is 12.8. The third kappa shape index (κ3) is 5.27. The minimum atomic E-state index is -0.563. The lowest BCUT2D eigenvalue weighted by molar-refractivity contribution is -0.127. The highest BCUT2D eigenvalue weighted by Gasteiger charge is 2.38. The number of carbonyl (C=O) groups excluding carboxylic acids is 2. The zero-order chi connectivity index (χ0) is 22.4. The first-order valence-corrected chi connectivity index (χ1v) is 10.6. The Morgan fingerprint density at radius 2 is 2.03 bits per heavy atom. The van der Waals surface area contributed by atoms with Gasteiger partial charge in [0.25, 0.3) is 0 Å². The molecule has 0 spiro atoms. The van der Waals surface area contributed by atoms with Crippen LogP contribution < -0.4 is 14.8 Å². The van der Waals surface area contributed by atoms with Gasteiger partial charge in [-0.05, 0) is 30.7 Å². The Balaban J connectivity index is 1.76. The van der Waals surface area contributed by atoms with Gasteiger partial charge in [-0.25, -0.2) is 4.99 Å². The molecule has 1 aliphatic rings. The number of anilines is 1. The Labute approximate surface area is 186 Å². The van der Waals surface area contributed by atoms with Gasteiger partial charge in [-0.1, -0.05) is 36.0 Å². The van der Waals surface area contributed by atoms with Crippen molar-refractivity contribution >= 4 is 40.1 Å². The Hall–Kier alpha value is -3.26. The van der Waals surface area contributed by atoms with Gasteiger partial charge in [0, 0.05) is 19.0 Å². The third-order valence-corrected chi connectivity index (χ3v) is 5.89. The van der Waals surface area contributed by atoms with E-state index in [0.717, 1.165) is 11.3 Å². The number of hydrogen-bond acceptors (Lipinski definition) is 6. The van der Waals surface area contributed by atoms with Crippen LogP contribution in [0.2, 0.25) is 0 Å².